The molecule has 0 unspecified atom stereocenters. The van der Waals surface area contributed by atoms with Crippen molar-refractivity contribution < 1.29 is 4.79 Å². The normalized spacial score (nSPS) is 18.2. The summed E-state index contributed by atoms with van der Waals surface area (Å²) in [4.78, 5) is 11.6. The molecule has 1 aliphatic rings. The predicted octanol–water partition coefficient (Wildman–Crippen LogP) is 1.19. The zero-order chi connectivity index (χ0) is 12.0. The van der Waals surface area contributed by atoms with Gasteiger partial charge in [-0.1, -0.05) is 6.07 Å². The fourth-order valence-corrected chi connectivity index (χ4v) is 1.93. The van der Waals surface area contributed by atoms with Crippen LogP contribution >= 0.6 is 0 Å². The van der Waals surface area contributed by atoms with Crippen molar-refractivity contribution in [3.63, 3.8) is 0 Å². The lowest BCUT2D eigenvalue weighted by Crippen LogP contribution is -2.32. The maximum atomic E-state index is 11.6. The summed E-state index contributed by atoms with van der Waals surface area (Å²) in [7, 11) is 0. The van der Waals surface area contributed by atoms with Crippen molar-refractivity contribution in [1.82, 2.24) is 15.0 Å². The van der Waals surface area contributed by atoms with Gasteiger partial charge in [0, 0.05) is 6.20 Å². The topological polar surface area (TPSA) is 58.8 Å². The number of fused-ring (bicyclic) bond motifs is 1. The lowest BCUT2D eigenvalue weighted by molar-refractivity contribution is -0.125. The molecule has 2 aromatic rings. The Kier molecular flexibility index (Phi) is 1.86. The van der Waals surface area contributed by atoms with Crippen molar-refractivity contribution in [3.05, 3.63) is 36.2 Å². The summed E-state index contributed by atoms with van der Waals surface area (Å²) in [5.74, 6) is -0.0930. The highest BCUT2D eigenvalue weighted by molar-refractivity contribution is 6.18. The zero-order valence-corrected chi connectivity index (χ0v) is 9.64. The Morgan fingerprint density at radius 1 is 1.35 bits per heavy atom. The van der Waals surface area contributed by atoms with E-state index in [1.807, 2.05) is 44.3 Å². The lowest BCUT2D eigenvalue weighted by Gasteiger charge is -2.14. The molecule has 1 aliphatic heterocycles. The quantitative estimate of drug-likeness (QED) is 0.797. The van der Waals surface area contributed by atoms with Gasteiger partial charge in [0.25, 0.3) is 5.91 Å². The smallest absolute Gasteiger partial charge is 0.251 e. The number of pyridine rings is 1. The van der Waals surface area contributed by atoms with Crippen LogP contribution in [0.1, 0.15) is 19.5 Å². The molecule has 17 heavy (non-hydrogen) atoms. The van der Waals surface area contributed by atoms with Gasteiger partial charge in [-0.05, 0) is 32.0 Å². The van der Waals surface area contributed by atoms with Gasteiger partial charge < -0.3 is 0 Å². The van der Waals surface area contributed by atoms with E-state index in [0.29, 0.717) is 5.71 Å². The SMILES string of the molecule is CC1(C)C(=O)NN=C1c1cc2ccccn2n1. The molecule has 0 aliphatic carbocycles. The van der Waals surface area contributed by atoms with E-state index in [9.17, 15) is 4.79 Å². The van der Waals surface area contributed by atoms with Gasteiger partial charge in [0.1, 0.15) is 11.4 Å². The molecule has 0 saturated carbocycles. The van der Waals surface area contributed by atoms with Gasteiger partial charge in [0.05, 0.1) is 10.9 Å². The number of hydrogen-bond acceptors (Lipinski definition) is 3. The van der Waals surface area contributed by atoms with Crippen LogP contribution in [0.4, 0.5) is 0 Å². The molecule has 0 radical (unpaired) electrons. The van der Waals surface area contributed by atoms with E-state index in [-0.39, 0.29) is 5.91 Å². The second-order valence-corrected chi connectivity index (χ2v) is 4.63. The molecule has 86 valence electrons. The third-order valence-electron chi connectivity index (χ3n) is 3.04. The summed E-state index contributed by atoms with van der Waals surface area (Å²) < 4.78 is 1.77. The van der Waals surface area contributed by atoms with Crippen molar-refractivity contribution in [2.45, 2.75) is 13.8 Å². The molecule has 0 bridgehead atoms. The number of nitrogens with one attached hydrogen (secondary N) is 1. The molecule has 1 N–H and O–H groups in total. The molecule has 3 rings (SSSR count). The van der Waals surface area contributed by atoms with Crippen LogP contribution in [0.25, 0.3) is 5.52 Å². The summed E-state index contributed by atoms with van der Waals surface area (Å²) in [5.41, 5.74) is 4.28. The fraction of sp³-hybridized carbons (Fsp3) is 0.250. The molecule has 0 atom stereocenters. The number of rotatable bonds is 1. The van der Waals surface area contributed by atoms with Gasteiger partial charge in [-0.2, -0.15) is 10.2 Å². The Labute approximate surface area is 98.1 Å². The molecule has 0 aromatic carbocycles. The number of carbonyl (C=O) groups is 1. The summed E-state index contributed by atoms with van der Waals surface area (Å²) in [6.07, 6.45) is 1.87. The van der Waals surface area contributed by atoms with Gasteiger partial charge in [-0.3, -0.25) is 4.79 Å². The average Bonchev–Trinajstić information content (AvgIpc) is 2.81. The predicted molar refractivity (Wildman–Crippen MR) is 63.7 cm³/mol. The van der Waals surface area contributed by atoms with Crippen LogP contribution in [-0.4, -0.2) is 21.2 Å². The molecule has 0 saturated heterocycles. The summed E-state index contributed by atoms with van der Waals surface area (Å²) in [6.45, 7) is 3.69. The van der Waals surface area contributed by atoms with Crippen LogP contribution in [0.15, 0.2) is 35.6 Å². The Balaban J connectivity index is 2.14. The van der Waals surface area contributed by atoms with Crippen molar-refractivity contribution in [2.75, 3.05) is 0 Å². The first-order valence-electron chi connectivity index (χ1n) is 5.42. The number of aromatic nitrogens is 2. The van der Waals surface area contributed by atoms with Crippen LogP contribution in [0.3, 0.4) is 0 Å². The second kappa shape index (κ2) is 3.16. The maximum absolute atomic E-state index is 11.6. The minimum absolute atomic E-state index is 0.0930. The molecule has 3 heterocycles. The van der Waals surface area contributed by atoms with E-state index >= 15 is 0 Å². The molecule has 0 fully saturated rings. The molecule has 1 amide bonds. The number of nitrogens with zero attached hydrogens (tertiary/aromatic N) is 3. The van der Waals surface area contributed by atoms with Crippen LogP contribution in [-0.2, 0) is 4.79 Å². The Bertz CT molecular complexity index is 606. The number of hydrazone groups is 1. The van der Waals surface area contributed by atoms with E-state index in [0.717, 1.165) is 11.2 Å². The molecule has 5 nitrogen and oxygen atoms in total. The van der Waals surface area contributed by atoms with Gasteiger partial charge in [0.2, 0.25) is 0 Å². The number of carbonyl (C=O) groups excluding carboxylic acids is 1. The van der Waals surface area contributed by atoms with E-state index in [4.69, 9.17) is 0 Å². The minimum atomic E-state index is -0.627. The first-order chi connectivity index (χ1) is 8.09. The van der Waals surface area contributed by atoms with Crippen molar-refractivity contribution in [2.24, 2.45) is 10.5 Å². The first-order valence-corrected chi connectivity index (χ1v) is 5.42. The average molecular weight is 228 g/mol. The third kappa shape index (κ3) is 1.35. The molecule has 2 aromatic heterocycles. The summed E-state index contributed by atoms with van der Waals surface area (Å²) in [5, 5.41) is 8.49. The molecular weight excluding hydrogens is 216 g/mol. The van der Waals surface area contributed by atoms with Crippen LogP contribution in [0.2, 0.25) is 0 Å². The lowest BCUT2D eigenvalue weighted by atomic mass is 9.86. The molecule has 5 heteroatoms. The Morgan fingerprint density at radius 3 is 2.82 bits per heavy atom. The largest absolute Gasteiger partial charge is 0.272 e. The third-order valence-corrected chi connectivity index (χ3v) is 3.04. The maximum Gasteiger partial charge on any atom is 0.251 e. The Hall–Kier alpha value is -2.17. The van der Waals surface area contributed by atoms with E-state index in [1.165, 1.54) is 0 Å². The highest BCUT2D eigenvalue weighted by atomic mass is 16.2. The summed E-state index contributed by atoms with van der Waals surface area (Å²) in [6, 6.07) is 7.76. The summed E-state index contributed by atoms with van der Waals surface area (Å²) >= 11 is 0. The zero-order valence-electron chi connectivity index (χ0n) is 9.64. The number of amides is 1. The van der Waals surface area contributed by atoms with Crippen LogP contribution in [0, 0.1) is 5.41 Å². The Morgan fingerprint density at radius 2 is 2.18 bits per heavy atom. The standard InChI is InChI=1S/C12H12N4O/c1-12(2)10(13-14-11(12)17)9-7-8-5-3-4-6-16(8)15-9/h3-7H,1-2H3,(H,14,17). The monoisotopic (exact) mass is 228 g/mol. The van der Waals surface area contributed by atoms with E-state index < -0.39 is 5.41 Å². The van der Waals surface area contributed by atoms with Crippen molar-refractivity contribution in [3.8, 4) is 0 Å². The highest BCUT2D eigenvalue weighted by Crippen LogP contribution is 2.26. The van der Waals surface area contributed by atoms with E-state index in [1.54, 1.807) is 4.52 Å². The van der Waals surface area contributed by atoms with Crippen molar-refractivity contribution in [1.29, 1.82) is 0 Å². The van der Waals surface area contributed by atoms with Gasteiger partial charge in [-0.15, -0.1) is 0 Å². The first kappa shape index (κ1) is 10.0. The minimum Gasteiger partial charge on any atom is -0.272 e. The van der Waals surface area contributed by atoms with Crippen LogP contribution < -0.4 is 5.43 Å². The molecule has 0 spiro atoms. The fourth-order valence-electron chi connectivity index (χ4n) is 1.93. The number of hydrogen-bond donors (Lipinski definition) is 1. The molecular formula is C12H12N4O. The van der Waals surface area contributed by atoms with E-state index in [2.05, 4.69) is 15.6 Å². The second-order valence-electron chi connectivity index (χ2n) is 4.63. The van der Waals surface area contributed by atoms with Gasteiger partial charge in [-0.25, -0.2) is 9.94 Å². The highest BCUT2D eigenvalue weighted by Gasteiger charge is 2.40. The van der Waals surface area contributed by atoms with Crippen molar-refractivity contribution >= 4 is 17.1 Å². The van der Waals surface area contributed by atoms with Crippen LogP contribution in [0.5, 0.6) is 0 Å². The van der Waals surface area contributed by atoms with Gasteiger partial charge >= 0.3 is 0 Å². The van der Waals surface area contributed by atoms with Gasteiger partial charge in [0.15, 0.2) is 0 Å².